The van der Waals surface area contributed by atoms with Gasteiger partial charge in [-0.1, -0.05) is 5.16 Å². The van der Waals surface area contributed by atoms with E-state index in [9.17, 15) is 44.1 Å². The number of rotatable bonds is 12. The molecule has 2 atom stereocenters. The molecular weight excluding hydrogens is 764 g/mol. The number of aromatic carboxylic acids is 1. The summed E-state index contributed by atoms with van der Waals surface area (Å²) in [6.45, 7) is 4.26. The Labute approximate surface area is 319 Å². The Morgan fingerprint density at radius 2 is 1.80 bits per heavy atom. The predicted molar refractivity (Wildman–Crippen MR) is 198 cm³/mol. The molecule has 3 aliphatic heterocycles. The maximum absolute atomic E-state index is 15.5. The van der Waals surface area contributed by atoms with Crippen molar-refractivity contribution in [3.05, 3.63) is 62.3 Å². The Morgan fingerprint density at radius 1 is 1.09 bits per heavy atom. The van der Waals surface area contributed by atoms with Crippen molar-refractivity contribution in [3.63, 3.8) is 0 Å². The number of aliphatic carboxylic acids is 2. The minimum Gasteiger partial charge on any atom is -0.478 e. The summed E-state index contributed by atoms with van der Waals surface area (Å²) in [7, 11) is 0. The molecule has 2 saturated heterocycles. The molecule has 2 amide bonds. The van der Waals surface area contributed by atoms with Gasteiger partial charge in [-0.15, -0.1) is 23.1 Å². The number of anilines is 2. The number of thioether (sulfide) groups is 1. The van der Waals surface area contributed by atoms with E-state index in [2.05, 4.69) is 15.5 Å². The van der Waals surface area contributed by atoms with Gasteiger partial charge in [-0.25, -0.2) is 23.8 Å². The number of thiazole rings is 1. The number of carbonyl (C=O) groups excluding carboxylic acids is 2. The van der Waals surface area contributed by atoms with Crippen molar-refractivity contribution in [2.24, 2.45) is 5.16 Å². The zero-order chi connectivity index (χ0) is 39.5. The van der Waals surface area contributed by atoms with Gasteiger partial charge in [-0.3, -0.25) is 24.2 Å². The van der Waals surface area contributed by atoms with Gasteiger partial charge in [0.25, 0.3) is 11.8 Å². The largest absolute Gasteiger partial charge is 0.478 e. The molecule has 0 radical (unpaired) electrons. The number of fused-ring (bicyclic) bond motifs is 2. The first kappa shape index (κ1) is 37.8. The van der Waals surface area contributed by atoms with Crippen LogP contribution in [-0.2, 0) is 24.0 Å². The van der Waals surface area contributed by atoms with Crippen LogP contribution < -0.4 is 21.4 Å². The lowest BCUT2D eigenvalue weighted by molar-refractivity contribution is -0.161. The number of carboxylic acid groups (broad SMARTS) is 3. The van der Waals surface area contributed by atoms with Gasteiger partial charge < -0.3 is 40.7 Å². The van der Waals surface area contributed by atoms with Crippen LogP contribution in [0, 0.1) is 5.82 Å². The summed E-state index contributed by atoms with van der Waals surface area (Å²) in [5, 5.41) is 36.2. The normalized spacial score (nSPS) is 20.6. The summed E-state index contributed by atoms with van der Waals surface area (Å²) < 4.78 is 17.3. The third kappa shape index (κ3) is 7.09. The molecule has 55 heavy (non-hydrogen) atoms. The SMILES string of the molecule is CC(C)(O/N=C(\C(=O)N[C@@H]1C(=O)N2C(C(=O)O)=C(CN3CCN(c4cc5c(cc4F)c(=O)c(C(=O)O)cn5C4CC4)CC3)CS[C@H]12)c1csc(N)n1)C(=O)O. The number of aromatic nitrogens is 2. The maximum Gasteiger partial charge on any atom is 0.352 e. The Hall–Kier alpha value is -5.54. The Kier molecular flexibility index (Phi) is 9.80. The smallest absolute Gasteiger partial charge is 0.352 e. The molecule has 1 aromatic carbocycles. The molecule has 1 saturated carbocycles. The number of carboxylic acids is 3. The highest BCUT2D eigenvalue weighted by atomic mass is 32.2. The molecule has 4 aliphatic rings. The number of pyridine rings is 1. The lowest BCUT2D eigenvalue weighted by Crippen LogP contribution is -2.71. The average Bonchev–Trinajstić information content (AvgIpc) is 3.90. The first-order valence-electron chi connectivity index (χ1n) is 17.1. The Bertz CT molecular complexity index is 2280. The fourth-order valence-corrected chi connectivity index (χ4v) is 8.52. The van der Waals surface area contributed by atoms with Gasteiger partial charge >= 0.3 is 17.9 Å². The number of halogens is 1. The first-order valence-corrected chi connectivity index (χ1v) is 19.0. The van der Waals surface area contributed by atoms with Gasteiger partial charge in [0.15, 0.2) is 10.8 Å². The molecule has 2 aromatic heterocycles. The standard InChI is InChI=1S/C34H35FN8O10S2/c1-34(2,32(51)52)53-39-23(20-14-55-33(36)37-20)27(45)38-24-28(46)43-25(31(49)50)15(13-54-29(24)43)11-40-5-7-41(8-6-40)22-10-21-17(9-19(22)35)26(44)18(30(47)48)12-42(21)16-3-4-16/h9-10,12,14,16,24,29H,3-8,11,13H2,1-2H3,(H2,36,37)(H,38,45)(H,47,48)(H,49,50)(H,51,52)/b39-23-/t24-,29-/m1/s1. The maximum atomic E-state index is 15.5. The Balaban J connectivity index is 1.04. The molecule has 5 heterocycles. The number of nitrogens with two attached hydrogens (primary N) is 1. The lowest BCUT2D eigenvalue weighted by Gasteiger charge is -2.50. The van der Waals surface area contributed by atoms with E-state index in [1.54, 1.807) is 10.6 Å². The number of nitrogens with one attached hydrogen (secondary N) is 1. The topological polar surface area (TPSA) is 250 Å². The average molecular weight is 799 g/mol. The molecule has 7 rings (SSSR count). The molecule has 0 spiro atoms. The Morgan fingerprint density at radius 3 is 2.40 bits per heavy atom. The lowest BCUT2D eigenvalue weighted by atomic mass is 10.0. The summed E-state index contributed by atoms with van der Waals surface area (Å²) in [5.41, 5.74) is 3.37. The molecule has 1 aliphatic carbocycles. The minimum absolute atomic E-state index is 0.00213. The van der Waals surface area contributed by atoms with Crippen LogP contribution in [0.25, 0.3) is 10.9 Å². The van der Waals surface area contributed by atoms with Crippen LogP contribution in [0.3, 0.4) is 0 Å². The fraction of sp³-hybridized carbons (Fsp3) is 0.412. The van der Waals surface area contributed by atoms with Crippen LogP contribution in [0.1, 0.15) is 48.8 Å². The number of amides is 2. The third-order valence-electron chi connectivity index (χ3n) is 9.80. The van der Waals surface area contributed by atoms with Crippen molar-refractivity contribution in [2.75, 3.05) is 49.1 Å². The highest BCUT2D eigenvalue weighted by Crippen LogP contribution is 2.41. The monoisotopic (exact) mass is 798 g/mol. The number of nitrogen functional groups attached to an aromatic ring is 1. The summed E-state index contributed by atoms with van der Waals surface area (Å²) in [5.74, 6) is -6.02. The van der Waals surface area contributed by atoms with Crippen molar-refractivity contribution in [3.8, 4) is 0 Å². The van der Waals surface area contributed by atoms with E-state index in [1.807, 2.05) is 9.80 Å². The minimum atomic E-state index is -1.80. The van der Waals surface area contributed by atoms with Gasteiger partial charge in [0.1, 0.15) is 34.2 Å². The molecule has 3 aromatic rings. The number of oxime groups is 1. The molecule has 0 bridgehead atoms. The quantitative estimate of drug-likeness (QED) is 0.0986. The summed E-state index contributed by atoms with van der Waals surface area (Å²) in [4.78, 5) is 89.7. The first-order chi connectivity index (χ1) is 26.0. The highest BCUT2D eigenvalue weighted by molar-refractivity contribution is 8.00. The fourth-order valence-electron chi connectivity index (χ4n) is 6.64. The van der Waals surface area contributed by atoms with E-state index in [4.69, 9.17) is 10.6 Å². The number of carbonyl (C=O) groups is 5. The molecule has 0 unspecified atom stereocenters. The summed E-state index contributed by atoms with van der Waals surface area (Å²) in [6.07, 6.45) is 2.96. The van der Waals surface area contributed by atoms with Crippen molar-refractivity contribution >= 4 is 80.3 Å². The second-order valence-corrected chi connectivity index (χ2v) is 15.9. The van der Waals surface area contributed by atoms with Gasteiger partial charge in [-0.2, -0.15) is 0 Å². The van der Waals surface area contributed by atoms with E-state index in [1.165, 1.54) is 37.2 Å². The number of β-lactam (4-membered cyclic amide) rings is 1. The van der Waals surface area contributed by atoms with Crippen LogP contribution in [0.15, 0.2) is 44.9 Å². The number of hydrogen-bond donors (Lipinski definition) is 5. The van der Waals surface area contributed by atoms with Crippen molar-refractivity contribution < 1.29 is 48.5 Å². The second-order valence-electron chi connectivity index (χ2n) is 13.9. The molecule has 18 nitrogen and oxygen atoms in total. The number of hydrogen-bond acceptors (Lipinski definition) is 14. The number of piperazine rings is 1. The number of benzene rings is 1. The van der Waals surface area contributed by atoms with E-state index < -0.39 is 69.3 Å². The van der Waals surface area contributed by atoms with Crippen LogP contribution in [0.2, 0.25) is 0 Å². The molecule has 3 fully saturated rings. The second kappa shape index (κ2) is 14.3. The molecule has 290 valence electrons. The molecular formula is C34H35FN8O10S2. The van der Waals surface area contributed by atoms with Crippen LogP contribution in [0.5, 0.6) is 0 Å². The van der Waals surface area contributed by atoms with Crippen LogP contribution >= 0.6 is 23.1 Å². The van der Waals surface area contributed by atoms with Gasteiger partial charge in [0.2, 0.25) is 11.0 Å². The number of nitrogens with zero attached hydrogens (tertiary/aromatic N) is 6. The van der Waals surface area contributed by atoms with E-state index in [-0.39, 0.29) is 45.9 Å². The van der Waals surface area contributed by atoms with E-state index in [0.29, 0.717) is 37.3 Å². The van der Waals surface area contributed by atoms with Crippen molar-refractivity contribution in [1.82, 2.24) is 24.7 Å². The van der Waals surface area contributed by atoms with Gasteiger partial charge in [-0.05, 0) is 44.4 Å². The summed E-state index contributed by atoms with van der Waals surface area (Å²) >= 11 is 2.27. The predicted octanol–water partition coefficient (Wildman–Crippen LogP) is 1.36. The van der Waals surface area contributed by atoms with Crippen molar-refractivity contribution in [2.45, 2.75) is 49.7 Å². The third-order valence-corrected chi connectivity index (χ3v) is 11.8. The van der Waals surface area contributed by atoms with Crippen LogP contribution in [-0.4, -0.2) is 126 Å². The van der Waals surface area contributed by atoms with Crippen LogP contribution in [0.4, 0.5) is 15.2 Å². The molecule has 6 N–H and O–H groups in total. The zero-order valence-electron chi connectivity index (χ0n) is 29.4. The van der Waals surface area contributed by atoms with Gasteiger partial charge in [0.05, 0.1) is 11.2 Å². The molecule has 21 heteroatoms. The summed E-state index contributed by atoms with van der Waals surface area (Å²) in [6, 6.07) is 1.58. The van der Waals surface area contributed by atoms with E-state index in [0.717, 1.165) is 35.1 Å². The van der Waals surface area contributed by atoms with Crippen molar-refractivity contribution in [1.29, 1.82) is 0 Å². The van der Waals surface area contributed by atoms with Gasteiger partial charge in [0, 0.05) is 61.5 Å². The highest BCUT2D eigenvalue weighted by Gasteiger charge is 2.54. The zero-order valence-corrected chi connectivity index (χ0v) is 31.0. The van der Waals surface area contributed by atoms with E-state index >= 15 is 4.39 Å².